The summed E-state index contributed by atoms with van der Waals surface area (Å²) in [7, 11) is 0. The third-order valence-corrected chi connectivity index (χ3v) is 6.07. The van der Waals surface area contributed by atoms with Crippen LogP contribution in [0.2, 0.25) is 0 Å². The van der Waals surface area contributed by atoms with Gasteiger partial charge in [-0.05, 0) is 50.4 Å². The van der Waals surface area contributed by atoms with E-state index in [-0.39, 0.29) is 11.2 Å². The third kappa shape index (κ3) is 3.16. The summed E-state index contributed by atoms with van der Waals surface area (Å²) >= 11 is 0. The van der Waals surface area contributed by atoms with Crippen molar-refractivity contribution < 1.29 is 4.74 Å². The van der Waals surface area contributed by atoms with Gasteiger partial charge in [-0.25, -0.2) is 0 Å². The van der Waals surface area contributed by atoms with E-state index in [0.29, 0.717) is 5.41 Å². The molecule has 2 nitrogen and oxygen atoms in total. The first-order valence-electron chi connectivity index (χ1n) is 8.26. The molecule has 0 amide bonds. The van der Waals surface area contributed by atoms with Gasteiger partial charge >= 0.3 is 0 Å². The van der Waals surface area contributed by atoms with Gasteiger partial charge in [0.15, 0.2) is 0 Å². The smallest absolute Gasteiger partial charge is 0.0814 e. The molecule has 1 spiro atoms. The minimum atomic E-state index is 0.0470. The predicted molar refractivity (Wildman–Crippen MR) is 81.4 cm³/mol. The minimum Gasteiger partial charge on any atom is -0.366 e. The summed E-state index contributed by atoms with van der Waals surface area (Å²) in [5.41, 5.74) is 0.673. The van der Waals surface area contributed by atoms with E-state index in [0.717, 1.165) is 25.4 Å². The van der Waals surface area contributed by atoms with E-state index in [1.165, 1.54) is 32.1 Å². The monoisotopic (exact) mass is 267 g/mol. The lowest BCUT2D eigenvalue weighted by molar-refractivity contribution is -0.191. The highest BCUT2D eigenvalue weighted by atomic mass is 16.5. The van der Waals surface area contributed by atoms with Gasteiger partial charge in [0.2, 0.25) is 0 Å². The molecular weight excluding hydrogens is 234 g/mol. The Balaban J connectivity index is 1.99. The molecular formula is C17H33NO. The van der Waals surface area contributed by atoms with Crippen LogP contribution < -0.4 is 5.32 Å². The highest BCUT2D eigenvalue weighted by Gasteiger charge is 2.46. The van der Waals surface area contributed by atoms with Crippen LogP contribution in [0.15, 0.2) is 0 Å². The van der Waals surface area contributed by atoms with Crippen LogP contribution in [0, 0.1) is 11.3 Å². The van der Waals surface area contributed by atoms with E-state index in [1.807, 2.05) is 0 Å². The molecule has 1 saturated carbocycles. The largest absolute Gasteiger partial charge is 0.366 e. The van der Waals surface area contributed by atoms with Crippen molar-refractivity contribution in [1.29, 1.82) is 0 Å². The summed E-state index contributed by atoms with van der Waals surface area (Å²) < 4.78 is 6.58. The molecule has 0 radical (unpaired) electrons. The van der Waals surface area contributed by atoms with Crippen LogP contribution in [-0.2, 0) is 4.74 Å². The van der Waals surface area contributed by atoms with Crippen LogP contribution in [0.25, 0.3) is 0 Å². The summed E-state index contributed by atoms with van der Waals surface area (Å²) in [6, 6.07) is 0. The Kier molecular flexibility index (Phi) is 4.32. The summed E-state index contributed by atoms with van der Waals surface area (Å²) in [4.78, 5) is 0. The van der Waals surface area contributed by atoms with E-state index in [1.54, 1.807) is 0 Å². The Morgan fingerprint density at radius 1 is 1.16 bits per heavy atom. The van der Waals surface area contributed by atoms with Crippen molar-refractivity contribution in [1.82, 2.24) is 5.32 Å². The first kappa shape index (κ1) is 15.3. The normalized spacial score (nSPS) is 40.6. The summed E-state index contributed by atoms with van der Waals surface area (Å²) in [5, 5.41) is 3.63. The molecule has 0 aromatic carbocycles. The van der Waals surface area contributed by atoms with Crippen LogP contribution in [0.1, 0.15) is 73.1 Å². The Labute approximate surface area is 119 Å². The lowest BCUT2D eigenvalue weighted by Gasteiger charge is -2.51. The molecule has 2 heteroatoms. The van der Waals surface area contributed by atoms with Gasteiger partial charge in [-0.15, -0.1) is 0 Å². The fourth-order valence-corrected chi connectivity index (χ4v) is 3.84. The van der Waals surface area contributed by atoms with Crippen LogP contribution in [0.3, 0.4) is 0 Å². The number of ether oxygens (including phenoxy) is 1. The second-order valence-electron chi connectivity index (χ2n) is 7.81. The highest BCUT2D eigenvalue weighted by Crippen LogP contribution is 2.46. The van der Waals surface area contributed by atoms with Crippen LogP contribution >= 0.6 is 0 Å². The van der Waals surface area contributed by atoms with Crippen molar-refractivity contribution >= 4 is 0 Å². The second-order valence-corrected chi connectivity index (χ2v) is 7.81. The summed E-state index contributed by atoms with van der Waals surface area (Å²) in [6.07, 6.45) is 7.54. The minimum absolute atomic E-state index is 0.0470. The zero-order valence-corrected chi connectivity index (χ0v) is 13.6. The van der Waals surface area contributed by atoms with Crippen molar-refractivity contribution in [2.24, 2.45) is 11.3 Å². The molecule has 0 bridgehead atoms. The molecule has 2 aliphatic rings. The lowest BCUT2D eigenvalue weighted by Crippen LogP contribution is -2.60. The number of hydrogen-bond acceptors (Lipinski definition) is 2. The predicted octanol–water partition coefficient (Wildman–Crippen LogP) is 4.14. The average molecular weight is 267 g/mol. The lowest BCUT2D eigenvalue weighted by atomic mass is 9.66. The van der Waals surface area contributed by atoms with Crippen molar-refractivity contribution in [3.8, 4) is 0 Å². The molecule has 1 atom stereocenters. The van der Waals surface area contributed by atoms with E-state index in [4.69, 9.17) is 4.74 Å². The van der Waals surface area contributed by atoms with Gasteiger partial charge in [-0.3, -0.25) is 0 Å². The number of nitrogens with one attached hydrogen (secondary N) is 1. The van der Waals surface area contributed by atoms with Crippen LogP contribution in [0.5, 0.6) is 0 Å². The Bertz CT molecular complexity index is 304. The Morgan fingerprint density at radius 3 is 2.32 bits per heavy atom. The van der Waals surface area contributed by atoms with Crippen LogP contribution in [-0.4, -0.2) is 24.3 Å². The van der Waals surface area contributed by atoms with E-state index < -0.39 is 0 Å². The molecule has 1 aliphatic heterocycles. The maximum absolute atomic E-state index is 6.58. The van der Waals surface area contributed by atoms with Gasteiger partial charge in [-0.1, -0.05) is 34.1 Å². The third-order valence-electron chi connectivity index (χ3n) is 6.07. The van der Waals surface area contributed by atoms with Crippen LogP contribution in [0.4, 0.5) is 0 Å². The highest BCUT2D eigenvalue weighted by molar-refractivity contribution is 4.98. The molecule has 1 aliphatic carbocycles. The standard InChI is InChI=1S/C17H33NO/c1-6-15(3,4)14-8-10-17(11-9-14)13-18-12-16(5,7-2)19-17/h14,18H,6-13H2,1-5H3. The van der Waals surface area contributed by atoms with Gasteiger partial charge < -0.3 is 10.1 Å². The van der Waals surface area contributed by atoms with E-state index >= 15 is 0 Å². The molecule has 0 aromatic heterocycles. The van der Waals surface area contributed by atoms with E-state index in [2.05, 4.69) is 39.9 Å². The summed E-state index contributed by atoms with van der Waals surface area (Å²) in [5.74, 6) is 0.876. The molecule has 19 heavy (non-hydrogen) atoms. The van der Waals surface area contributed by atoms with Gasteiger partial charge in [-0.2, -0.15) is 0 Å². The maximum Gasteiger partial charge on any atom is 0.0814 e. The SMILES string of the molecule is CCC1(C)CNCC2(CCC(C(C)(C)CC)CC2)O1. The zero-order chi connectivity index (χ0) is 14.1. The first-order chi connectivity index (χ1) is 8.85. The zero-order valence-electron chi connectivity index (χ0n) is 13.6. The quantitative estimate of drug-likeness (QED) is 0.830. The average Bonchev–Trinajstić information content (AvgIpc) is 2.39. The van der Waals surface area contributed by atoms with Crippen molar-refractivity contribution in [3.63, 3.8) is 0 Å². The molecule has 0 aromatic rings. The van der Waals surface area contributed by atoms with E-state index in [9.17, 15) is 0 Å². The maximum atomic E-state index is 6.58. The number of rotatable bonds is 3. The fraction of sp³-hybridized carbons (Fsp3) is 1.00. The molecule has 1 N–H and O–H groups in total. The van der Waals surface area contributed by atoms with Crippen molar-refractivity contribution in [2.75, 3.05) is 13.1 Å². The van der Waals surface area contributed by atoms with Gasteiger partial charge in [0.05, 0.1) is 11.2 Å². The molecule has 2 rings (SSSR count). The number of hydrogen-bond donors (Lipinski definition) is 1. The number of morpholine rings is 1. The van der Waals surface area contributed by atoms with Gasteiger partial charge in [0.25, 0.3) is 0 Å². The Hall–Kier alpha value is -0.0800. The second kappa shape index (κ2) is 5.37. The summed E-state index contributed by atoms with van der Waals surface area (Å²) in [6.45, 7) is 13.8. The Morgan fingerprint density at radius 2 is 1.79 bits per heavy atom. The molecule has 1 unspecified atom stereocenters. The molecule has 112 valence electrons. The molecule has 1 saturated heterocycles. The fourth-order valence-electron chi connectivity index (χ4n) is 3.84. The van der Waals surface area contributed by atoms with Crippen molar-refractivity contribution in [2.45, 2.75) is 84.3 Å². The first-order valence-corrected chi connectivity index (χ1v) is 8.26. The van der Waals surface area contributed by atoms with Gasteiger partial charge in [0, 0.05) is 13.1 Å². The topological polar surface area (TPSA) is 21.3 Å². The molecule has 1 heterocycles. The van der Waals surface area contributed by atoms with Gasteiger partial charge in [0.1, 0.15) is 0 Å². The van der Waals surface area contributed by atoms with Crippen molar-refractivity contribution in [3.05, 3.63) is 0 Å². The molecule has 2 fully saturated rings.